The maximum Gasteiger partial charge on any atom is 0.129 e. The van der Waals surface area contributed by atoms with Gasteiger partial charge in [-0.2, -0.15) is 0 Å². The molecule has 0 heterocycles. The van der Waals surface area contributed by atoms with E-state index in [-0.39, 0.29) is 12.4 Å². The Morgan fingerprint density at radius 3 is 2.62 bits per heavy atom. The van der Waals surface area contributed by atoms with Gasteiger partial charge in [-0.3, -0.25) is 0 Å². The zero-order valence-corrected chi connectivity index (χ0v) is 8.41. The molecular weight excluding hydrogens is 212 g/mol. The standard InChI is InChI=1S/C9H9ClFN.ClH/c1-2-8(12)9-6(10)4-3-5-7(9)11;/h2-5,8H,1,12H2;1H/t8-;/m0./s1. The minimum absolute atomic E-state index is 0. The molecule has 0 aliphatic carbocycles. The van der Waals surface area contributed by atoms with Crippen molar-refractivity contribution in [1.29, 1.82) is 0 Å². The van der Waals surface area contributed by atoms with Crippen molar-refractivity contribution in [1.82, 2.24) is 0 Å². The van der Waals surface area contributed by atoms with Gasteiger partial charge >= 0.3 is 0 Å². The molecule has 0 bridgehead atoms. The molecule has 0 spiro atoms. The largest absolute Gasteiger partial charge is 0.321 e. The topological polar surface area (TPSA) is 26.0 Å². The summed E-state index contributed by atoms with van der Waals surface area (Å²) in [7, 11) is 0. The third-order valence-electron chi connectivity index (χ3n) is 1.59. The van der Waals surface area contributed by atoms with E-state index in [1.807, 2.05) is 0 Å². The fraction of sp³-hybridized carbons (Fsp3) is 0.111. The minimum Gasteiger partial charge on any atom is -0.321 e. The molecule has 0 radical (unpaired) electrons. The van der Waals surface area contributed by atoms with Crippen molar-refractivity contribution in [3.05, 3.63) is 47.3 Å². The van der Waals surface area contributed by atoms with Crippen LogP contribution in [0.25, 0.3) is 0 Å². The number of hydrogen-bond donors (Lipinski definition) is 1. The molecule has 13 heavy (non-hydrogen) atoms. The molecule has 0 fully saturated rings. The summed E-state index contributed by atoms with van der Waals surface area (Å²) in [6, 6.07) is 3.92. The van der Waals surface area contributed by atoms with Gasteiger partial charge in [-0.25, -0.2) is 4.39 Å². The van der Waals surface area contributed by atoms with E-state index >= 15 is 0 Å². The van der Waals surface area contributed by atoms with Gasteiger partial charge < -0.3 is 5.73 Å². The summed E-state index contributed by atoms with van der Waals surface area (Å²) in [5.74, 6) is -0.394. The Kier molecular flexibility index (Phi) is 4.99. The molecule has 1 nitrogen and oxygen atoms in total. The molecule has 2 N–H and O–H groups in total. The molecule has 0 saturated heterocycles. The molecule has 4 heteroatoms. The predicted octanol–water partition coefficient (Wildman–Crippen LogP) is 3.09. The van der Waals surface area contributed by atoms with E-state index in [4.69, 9.17) is 17.3 Å². The lowest BCUT2D eigenvalue weighted by atomic mass is 10.1. The molecular formula is C9H10Cl2FN. The van der Waals surface area contributed by atoms with Gasteiger partial charge in [0.05, 0.1) is 6.04 Å². The summed E-state index contributed by atoms with van der Waals surface area (Å²) in [6.07, 6.45) is 1.45. The van der Waals surface area contributed by atoms with Crippen molar-refractivity contribution < 1.29 is 4.39 Å². The van der Waals surface area contributed by atoms with Crippen molar-refractivity contribution in [3.8, 4) is 0 Å². The molecule has 0 aliphatic heterocycles. The van der Waals surface area contributed by atoms with Crippen molar-refractivity contribution >= 4 is 24.0 Å². The normalized spacial score (nSPS) is 11.6. The number of rotatable bonds is 2. The van der Waals surface area contributed by atoms with Crippen LogP contribution in [0.4, 0.5) is 4.39 Å². The van der Waals surface area contributed by atoms with Crippen molar-refractivity contribution in [2.75, 3.05) is 0 Å². The van der Waals surface area contributed by atoms with Gasteiger partial charge in [0.1, 0.15) is 5.82 Å². The van der Waals surface area contributed by atoms with Crippen molar-refractivity contribution in [3.63, 3.8) is 0 Å². The van der Waals surface area contributed by atoms with E-state index in [1.165, 1.54) is 18.2 Å². The monoisotopic (exact) mass is 221 g/mol. The van der Waals surface area contributed by atoms with E-state index in [0.717, 1.165) is 0 Å². The highest BCUT2D eigenvalue weighted by atomic mass is 35.5. The van der Waals surface area contributed by atoms with Gasteiger partial charge in [-0.15, -0.1) is 19.0 Å². The van der Waals surface area contributed by atoms with E-state index < -0.39 is 11.9 Å². The summed E-state index contributed by atoms with van der Waals surface area (Å²) >= 11 is 5.74. The van der Waals surface area contributed by atoms with Gasteiger partial charge in [0.25, 0.3) is 0 Å². The van der Waals surface area contributed by atoms with E-state index in [9.17, 15) is 4.39 Å². The quantitative estimate of drug-likeness (QED) is 0.764. The van der Waals surface area contributed by atoms with Crippen LogP contribution in [0.1, 0.15) is 11.6 Å². The third-order valence-corrected chi connectivity index (χ3v) is 1.92. The molecule has 1 aromatic rings. The Hall–Kier alpha value is -0.570. The van der Waals surface area contributed by atoms with E-state index in [2.05, 4.69) is 6.58 Å². The SMILES string of the molecule is C=C[C@H](N)c1c(F)cccc1Cl.Cl. The Morgan fingerprint density at radius 1 is 1.54 bits per heavy atom. The van der Waals surface area contributed by atoms with Crippen LogP contribution in [0.2, 0.25) is 5.02 Å². The Balaban J connectivity index is 0.00000144. The summed E-state index contributed by atoms with van der Waals surface area (Å²) < 4.78 is 13.1. The molecule has 1 rings (SSSR count). The molecule has 1 aromatic carbocycles. The van der Waals surface area contributed by atoms with Crippen LogP contribution >= 0.6 is 24.0 Å². The van der Waals surface area contributed by atoms with Gasteiger partial charge in [0, 0.05) is 10.6 Å². The molecule has 0 unspecified atom stereocenters. The highest BCUT2D eigenvalue weighted by Crippen LogP contribution is 2.24. The lowest BCUT2D eigenvalue weighted by Crippen LogP contribution is -2.09. The Labute approximate surface area is 87.8 Å². The summed E-state index contributed by atoms with van der Waals surface area (Å²) in [5.41, 5.74) is 5.85. The number of nitrogens with two attached hydrogens (primary N) is 1. The zero-order valence-electron chi connectivity index (χ0n) is 6.84. The first kappa shape index (κ1) is 12.4. The van der Waals surface area contributed by atoms with E-state index in [1.54, 1.807) is 6.07 Å². The van der Waals surface area contributed by atoms with Crippen LogP contribution in [-0.4, -0.2) is 0 Å². The molecule has 0 aromatic heterocycles. The highest BCUT2D eigenvalue weighted by molar-refractivity contribution is 6.31. The second-order valence-corrected chi connectivity index (χ2v) is 2.80. The van der Waals surface area contributed by atoms with Gasteiger partial charge in [-0.1, -0.05) is 23.7 Å². The van der Waals surface area contributed by atoms with E-state index in [0.29, 0.717) is 10.6 Å². The van der Waals surface area contributed by atoms with Crippen LogP contribution in [0.3, 0.4) is 0 Å². The number of hydrogen-bond acceptors (Lipinski definition) is 1. The fourth-order valence-electron chi connectivity index (χ4n) is 0.947. The first-order valence-corrected chi connectivity index (χ1v) is 3.86. The number of benzene rings is 1. The predicted molar refractivity (Wildman–Crippen MR) is 55.8 cm³/mol. The van der Waals surface area contributed by atoms with Crippen molar-refractivity contribution in [2.24, 2.45) is 5.73 Å². The Morgan fingerprint density at radius 2 is 2.15 bits per heavy atom. The van der Waals surface area contributed by atoms with Gasteiger partial charge in [0.15, 0.2) is 0 Å². The van der Waals surface area contributed by atoms with Crippen LogP contribution < -0.4 is 5.73 Å². The molecule has 0 amide bonds. The average Bonchev–Trinajstić information content (AvgIpc) is 2.03. The van der Waals surface area contributed by atoms with Crippen molar-refractivity contribution in [2.45, 2.75) is 6.04 Å². The summed E-state index contributed by atoms with van der Waals surface area (Å²) in [5, 5.41) is 0.336. The first-order chi connectivity index (χ1) is 5.66. The maximum absolute atomic E-state index is 13.1. The maximum atomic E-state index is 13.1. The molecule has 72 valence electrons. The Bertz CT molecular complexity index is 281. The molecule has 1 atom stereocenters. The fourth-order valence-corrected chi connectivity index (χ4v) is 1.24. The molecule has 0 saturated carbocycles. The van der Waals surface area contributed by atoms with Crippen LogP contribution in [0.5, 0.6) is 0 Å². The smallest absolute Gasteiger partial charge is 0.129 e. The number of halogens is 3. The minimum atomic E-state index is -0.543. The zero-order chi connectivity index (χ0) is 9.14. The lowest BCUT2D eigenvalue weighted by molar-refractivity contribution is 0.602. The highest BCUT2D eigenvalue weighted by Gasteiger charge is 2.11. The summed E-state index contributed by atoms with van der Waals surface area (Å²) in [6.45, 7) is 3.47. The average molecular weight is 222 g/mol. The second kappa shape index (κ2) is 5.22. The van der Waals surface area contributed by atoms with Crippen LogP contribution in [-0.2, 0) is 0 Å². The van der Waals surface area contributed by atoms with Crippen LogP contribution in [0, 0.1) is 5.82 Å². The summed E-state index contributed by atoms with van der Waals surface area (Å²) in [4.78, 5) is 0. The third kappa shape index (κ3) is 2.69. The first-order valence-electron chi connectivity index (χ1n) is 3.49. The molecule has 0 aliphatic rings. The van der Waals surface area contributed by atoms with Crippen LogP contribution in [0.15, 0.2) is 30.9 Å². The van der Waals surface area contributed by atoms with Gasteiger partial charge in [0.2, 0.25) is 0 Å². The second-order valence-electron chi connectivity index (χ2n) is 2.40. The lowest BCUT2D eigenvalue weighted by Gasteiger charge is -2.09. The van der Waals surface area contributed by atoms with Gasteiger partial charge in [-0.05, 0) is 12.1 Å².